The van der Waals surface area contributed by atoms with Crippen LogP contribution in [0.25, 0.3) is 0 Å². The molecule has 0 radical (unpaired) electrons. The second kappa shape index (κ2) is 7.76. The van der Waals surface area contributed by atoms with E-state index >= 15 is 0 Å². The van der Waals surface area contributed by atoms with Crippen LogP contribution in [0.2, 0.25) is 0 Å². The summed E-state index contributed by atoms with van der Waals surface area (Å²) in [6.45, 7) is 2.33. The van der Waals surface area contributed by atoms with Gasteiger partial charge in [0, 0.05) is 16.7 Å². The quantitative estimate of drug-likeness (QED) is 0.618. The molecule has 0 atom stereocenters. The fraction of sp³-hybridized carbons (Fsp3) is 0.308. The number of nitrogens with two attached hydrogens (primary N) is 1. The number of imide groups is 1. The van der Waals surface area contributed by atoms with Crippen molar-refractivity contribution in [2.75, 3.05) is 18.4 Å². The summed E-state index contributed by atoms with van der Waals surface area (Å²) in [5.74, 6) is -1.75. The molecule has 1 aromatic carbocycles. The molecule has 20 heavy (non-hydrogen) atoms. The molecule has 0 saturated heterocycles. The van der Waals surface area contributed by atoms with Crippen LogP contribution in [0.3, 0.4) is 0 Å². The predicted octanol–water partition coefficient (Wildman–Crippen LogP) is 1.03. The molecule has 0 bridgehead atoms. The third kappa shape index (κ3) is 4.43. The highest BCUT2D eigenvalue weighted by atomic mass is 79.9. The lowest BCUT2D eigenvalue weighted by molar-refractivity contribution is -0.146. The van der Waals surface area contributed by atoms with Crippen molar-refractivity contribution in [3.63, 3.8) is 0 Å². The number of carbonyl (C=O) groups excluding carboxylic acids is 3. The van der Waals surface area contributed by atoms with E-state index in [4.69, 9.17) is 5.73 Å². The number of nitrogens with one attached hydrogen (secondary N) is 1. The van der Waals surface area contributed by atoms with Gasteiger partial charge in [-0.25, -0.2) is 0 Å². The van der Waals surface area contributed by atoms with Crippen molar-refractivity contribution in [3.8, 4) is 0 Å². The molecule has 7 heteroatoms. The SMILES string of the molecule is Cc1cc(NC(=O)C(=O)N(C=O)CCCN)ccc1Br. The van der Waals surface area contributed by atoms with Gasteiger partial charge in [0.1, 0.15) is 0 Å². The molecule has 0 aliphatic heterocycles. The molecule has 6 nitrogen and oxygen atoms in total. The molecular formula is C13H16BrN3O3. The first-order chi connectivity index (χ1) is 9.49. The van der Waals surface area contributed by atoms with Crippen molar-refractivity contribution in [2.45, 2.75) is 13.3 Å². The Bertz CT molecular complexity index is 520. The number of hydrogen-bond acceptors (Lipinski definition) is 4. The van der Waals surface area contributed by atoms with Crippen LogP contribution in [0.4, 0.5) is 5.69 Å². The smallest absolute Gasteiger partial charge is 0.318 e. The monoisotopic (exact) mass is 341 g/mol. The van der Waals surface area contributed by atoms with Crippen LogP contribution < -0.4 is 11.1 Å². The van der Waals surface area contributed by atoms with Gasteiger partial charge in [0.2, 0.25) is 6.41 Å². The molecule has 3 N–H and O–H groups in total. The van der Waals surface area contributed by atoms with Gasteiger partial charge in [-0.05, 0) is 43.7 Å². The van der Waals surface area contributed by atoms with Gasteiger partial charge >= 0.3 is 11.8 Å². The topological polar surface area (TPSA) is 92.5 Å². The van der Waals surface area contributed by atoms with Gasteiger partial charge in [-0.3, -0.25) is 19.3 Å². The van der Waals surface area contributed by atoms with Crippen LogP contribution in [-0.2, 0) is 14.4 Å². The minimum absolute atomic E-state index is 0.131. The maximum Gasteiger partial charge on any atom is 0.318 e. The number of aryl methyl sites for hydroxylation is 1. The number of benzene rings is 1. The summed E-state index contributed by atoms with van der Waals surface area (Å²) >= 11 is 3.34. The molecule has 3 amide bonds. The number of nitrogens with zero attached hydrogens (tertiary/aromatic N) is 1. The zero-order chi connectivity index (χ0) is 15.1. The molecule has 1 rings (SSSR count). The Balaban J connectivity index is 2.71. The van der Waals surface area contributed by atoms with Gasteiger partial charge in [0.05, 0.1) is 0 Å². The Morgan fingerprint density at radius 1 is 1.45 bits per heavy atom. The summed E-state index contributed by atoms with van der Waals surface area (Å²) in [6.07, 6.45) is 0.791. The van der Waals surface area contributed by atoms with E-state index < -0.39 is 11.8 Å². The van der Waals surface area contributed by atoms with Crippen molar-refractivity contribution in [2.24, 2.45) is 5.73 Å². The van der Waals surface area contributed by atoms with Gasteiger partial charge < -0.3 is 11.1 Å². The van der Waals surface area contributed by atoms with Crippen LogP contribution in [0.15, 0.2) is 22.7 Å². The largest absolute Gasteiger partial charge is 0.330 e. The molecule has 0 spiro atoms. The highest BCUT2D eigenvalue weighted by molar-refractivity contribution is 9.10. The third-order valence-corrected chi connectivity index (χ3v) is 3.49. The Kier molecular flexibility index (Phi) is 6.33. The lowest BCUT2D eigenvalue weighted by Gasteiger charge is -2.14. The van der Waals surface area contributed by atoms with E-state index in [1.54, 1.807) is 18.2 Å². The van der Waals surface area contributed by atoms with E-state index in [9.17, 15) is 14.4 Å². The number of rotatable bonds is 5. The number of carbonyl (C=O) groups is 3. The van der Waals surface area contributed by atoms with E-state index in [0.717, 1.165) is 14.9 Å². The first-order valence-corrected chi connectivity index (χ1v) is 6.82. The van der Waals surface area contributed by atoms with E-state index in [2.05, 4.69) is 21.2 Å². The molecule has 0 heterocycles. The minimum atomic E-state index is -0.894. The van der Waals surface area contributed by atoms with E-state index in [1.165, 1.54) is 0 Å². The molecular weight excluding hydrogens is 326 g/mol. The molecule has 108 valence electrons. The molecule has 0 fully saturated rings. The molecule has 0 aromatic heterocycles. The Morgan fingerprint density at radius 3 is 2.70 bits per heavy atom. The number of hydrogen-bond donors (Lipinski definition) is 2. The maximum absolute atomic E-state index is 11.8. The Labute approximate surface area is 125 Å². The van der Waals surface area contributed by atoms with Crippen LogP contribution in [-0.4, -0.2) is 36.2 Å². The van der Waals surface area contributed by atoms with Gasteiger partial charge in [-0.2, -0.15) is 0 Å². The zero-order valence-corrected chi connectivity index (χ0v) is 12.6. The number of anilines is 1. The summed E-state index contributed by atoms with van der Waals surface area (Å²) < 4.78 is 0.902. The fourth-order valence-electron chi connectivity index (χ4n) is 1.50. The number of halogens is 1. The van der Waals surface area contributed by atoms with Crippen LogP contribution in [0.5, 0.6) is 0 Å². The average molecular weight is 342 g/mol. The summed E-state index contributed by atoms with van der Waals surface area (Å²) in [5.41, 5.74) is 6.72. The van der Waals surface area contributed by atoms with Gasteiger partial charge in [-0.15, -0.1) is 0 Å². The van der Waals surface area contributed by atoms with Crippen molar-refractivity contribution < 1.29 is 14.4 Å². The lowest BCUT2D eigenvalue weighted by atomic mass is 10.2. The van der Waals surface area contributed by atoms with Crippen molar-refractivity contribution in [1.29, 1.82) is 0 Å². The van der Waals surface area contributed by atoms with Crippen molar-refractivity contribution in [3.05, 3.63) is 28.2 Å². The van der Waals surface area contributed by atoms with E-state index in [-0.39, 0.29) is 6.54 Å². The van der Waals surface area contributed by atoms with E-state index in [1.807, 2.05) is 6.92 Å². The molecule has 0 aliphatic carbocycles. The van der Waals surface area contributed by atoms with Gasteiger partial charge in [0.25, 0.3) is 0 Å². The van der Waals surface area contributed by atoms with Crippen LogP contribution >= 0.6 is 15.9 Å². The highest BCUT2D eigenvalue weighted by Crippen LogP contribution is 2.19. The van der Waals surface area contributed by atoms with Crippen LogP contribution in [0, 0.1) is 6.92 Å². The van der Waals surface area contributed by atoms with Gasteiger partial charge in [0.15, 0.2) is 0 Å². The summed E-state index contributed by atoms with van der Waals surface area (Å²) in [7, 11) is 0. The Morgan fingerprint density at radius 2 is 2.15 bits per heavy atom. The summed E-state index contributed by atoms with van der Waals surface area (Å²) in [4.78, 5) is 35.1. The lowest BCUT2D eigenvalue weighted by Crippen LogP contribution is -2.39. The molecule has 1 aromatic rings. The minimum Gasteiger partial charge on any atom is -0.330 e. The molecule has 0 unspecified atom stereocenters. The highest BCUT2D eigenvalue weighted by Gasteiger charge is 2.21. The average Bonchev–Trinajstić information content (AvgIpc) is 2.43. The predicted molar refractivity (Wildman–Crippen MR) is 79.0 cm³/mol. The van der Waals surface area contributed by atoms with E-state index in [0.29, 0.717) is 25.1 Å². The van der Waals surface area contributed by atoms with Crippen LogP contribution in [0.1, 0.15) is 12.0 Å². The van der Waals surface area contributed by atoms with Crippen molar-refractivity contribution >= 4 is 39.8 Å². The van der Waals surface area contributed by atoms with Crippen molar-refractivity contribution in [1.82, 2.24) is 4.90 Å². The maximum atomic E-state index is 11.8. The first kappa shape index (κ1) is 16.3. The third-order valence-electron chi connectivity index (χ3n) is 2.60. The Hall–Kier alpha value is -1.73. The number of amides is 3. The molecule has 0 aliphatic rings. The molecule has 0 saturated carbocycles. The van der Waals surface area contributed by atoms with Gasteiger partial charge in [-0.1, -0.05) is 15.9 Å². The second-order valence-corrected chi connectivity index (χ2v) is 5.02. The second-order valence-electron chi connectivity index (χ2n) is 4.16. The fourth-order valence-corrected chi connectivity index (χ4v) is 1.75. The normalized spacial score (nSPS) is 9.95. The summed E-state index contributed by atoms with van der Waals surface area (Å²) in [5, 5.41) is 2.46. The summed E-state index contributed by atoms with van der Waals surface area (Å²) in [6, 6.07) is 5.15. The standard InChI is InChI=1S/C13H16BrN3O3/c1-9-7-10(3-4-11(9)14)16-12(19)13(20)17(8-18)6-2-5-15/h3-4,7-8H,2,5-6,15H2,1H3,(H,16,19). The first-order valence-electron chi connectivity index (χ1n) is 6.03. The zero-order valence-electron chi connectivity index (χ0n) is 11.1.